The molecule has 0 spiro atoms. The van der Waals surface area contributed by atoms with Crippen LogP contribution in [0.1, 0.15) is 23.6 Å². The van der Waals surface area contributed by atoms with Gasteiger partial charge >= 0.3 is 0 Å². The molecule has 0 amide bonds. The van der Waals surface area contributed by atoms with Gasteiger partial charge in [-0.15, -0.1) is 0 Å². The lowest BCUT2D eigenvalue weighted by Gasteiger charge is -2.10. The van der Waals surface area contributed by atoms with Crippen LogP contribution in [0, 0.1) is 17.0 Å². The van der Waals surface area contributed by atoms with Crippen LogP contribution in [0.4, 0.5) is 11.4 Å². The molecule has 20 heavy (non-hydrogen) atoms. The molecule has 0 bridgehead atoms. The molecule has 0 radical (unpaired) electrons. The van der Waals surface area contributed by atoms with Crippen molar-refractivity contribution in [1.29, 1.82) is 0 Å². The highest BCUT2D eigenvalue weighted by Gasteiger charge is 2.07. The molecule has 2 aromatic rings. The highest BCUT2D eigenvalue weighted by atomic mass is 16.6. The molecular weight excluding hydrogens is 252 g/mol. The van der Waals surface area contributed by atoms with Gasteiger partial charge in [0.25, 0.3) is 5.69 Å². The third kappa shape index (κ3) is 3.35. The standard InChI is InChI=1S/C16H18N2O2/c1-3-13-4-6-14(7-5-13)11-17-16-9-8-15(18(19)20)10-12(16)2/h4-10,17H,3,11H2,1-2H3. The molecule has 0 saturated heterocycles. The van der Waals surface area contributed by atoms with E-state index in [1.54, 1.807) is 12.1 Å². The Morgan fingerprint density at radius 1 is 1.10 bits per heavy atom. The van der Waals surface area contributed by atoms with Gasteiger partial charge in [-0.25, -0.2) is 0 Å². The molecule has 0 unspecified atom stereocenters. The minimum absolute atomic E-state index is 0.125. The summed E-state index contributed by atoms with van der Waals surface area (Å²) < 4.78 is 0. The van der Waals surface area contributed by atoms with Gasteiger partial charge in [-0.3, -0.25) is 10.1 Å². The van der Waals surface area contributed by atoms with E-state index in [0.717, 1.165) is 17.7 Å². The fraction of sp³-hybridized carbons (Fsp3) is 0.250. The molecule has 0 aliphatic rings. The van der Waals surface area contributed by atoms with E-state index in [9.17, 15) is 10.1 Å². The summed E-state index contributed by atoms with van der Waals surface area (Å²) in [7, 11) is 0. The Morgan fingerprint density at radius 2 is 1.75 bits per heavy atom. The number of nitrogens with zero attached hydrogens (tertiary/aromatic N) is 1. The first kappa shape index (κ1) is 14.1. The Hall–Kier alpha value is -2.36. The number of hydrogen-bond donors (Lipinski definition) is 1. The van der Waals surface area contributed by atoms with Crippen LogP contribution in [-0.2, 0) is 13.0 Å². The molecule has 0 aliphatic heterocycles. The second-order valence-electron chi connectivity index (χ2n) is 4.78. The molecule has 0 aromatic heterocycles. The molecule has 4 nitrogen and oxygen atoms in total. The van der Waals surface area contributed by atoms with E-state index in [4.69, 9.17) is 0 Å². The second kappa shape index (κ2) is 6.19. The van der Waals surface area contributed by atoms with Crippen LogP contribution < -0.4 is 5.32 Å². The first-order chi connectivity index (χ1) is 9.60. The van der Waals surface area contributed by atoms with Gasteiger partial charge in [-0.2, -0.15) is 0 Å². The molecule has 4 heteroatoms. The molecule has 0 atom stereocenters. The number of nitro groups is 1. The summed E-state index contributed by atoms with van der Waals surface area (Å²) in [4.78, 5) is 10.3. The average molecular weight is 270 g/mol. The van der Waals surface area contributed by atoms with Crippen molar-refractivity contribution >= 4 is 11.4 Å². The summed E-state index contributed by atoms with van der Waals surface area (Å²) in [5.41, 5.74) is 4.44. The molecule has 0 aliphatic carbocycles. The first-order valence-electron chi connectivity index (χ1n) is 6.67. The van der Waals surface area contributed by atoms with Crippen LogP contribution in [0.15, 0.2) is 42.5 Å². The third-order valence-corrected chi connectivity index (χ3v) is 3.33. The predicted octanol–water partition coefficient (Wildman–Crippen LogP) is 4.08. The van der Waals surface area contributed by atoms with E-state index in [1.807, 2.05) is 6.92 Å². The SMILES string of the molecule is CCc1ccc(CNc2ccc([N+](=O)[O-])cc2C)cc1. The summed E-state index contributed by atoms with van der Waals surface area (Å²) in [6, 6.07) is 13.3. The highest BCUT2D eigenvalue weighted by Crippen LogP contribution is 2.21. The third-order valence-electron chi connectivity index (χ3n) is 3.33. The van der Waals surface area contributed by atoms with Gasteiger partial charge in [0, 0.05) is 24.4 Å². The van der Waals surface area contributed by atoms with Crippen molar-refractivity contribution in [3.8, 4) is 0 Å². The number of nitro benzene ring substituents is 1. The Balaban J connectivity index is 2.04. The van der Waals surface area contributed by atoms with E-state index < -0.39 is 0 Å². The minimum Gasteiger partial charge on any atom is -0.381 e. The Kier molecular flexibility index (Phi) is 4.35. The van der Waals surface area contributed by atoms with E-state index in [-0.39, 0.29) is 10.6 Å². The molecule has 1 N–H and O–H groups in total. The van der Waals surface area contributed by atoms with Crippen LogP contribution in [0.2, 0.25) is 0 Å². The normalized spacial score (nSPS) is 10.3. The van der Waals surface area contributed by atoms with Crippen LogP contribution in [0.25, 0.3) is 0 Å². The second-order valence-corrected chi connectivity index (χ2v) is 4.78. The van der Waals surface area contributed by atoms with Crippen LogP contribution in [-0.4, -0.2) is 4.92 Å². The van der Waals surface area contributed by atoms with Crippen molar-refractivity contribution in [3.63, 3.8) is 0 Å². The van der Waals surface area contributed by atoms with Gasteiger partial charge in [0.2, 0.25) is 0 Å². The van der Waals surface area contributed by atoms with E-state index in [0.29, 0.717) is 6.54 Å². The van der Waals surface area contributed by atoms with Gasteiger partial charge in [-0.1, -0.05) is 31.2 Å². The minimum atomic E-state index is -0.375. The Labute approximate surface area is 118 Å². The maximum absolute atomic E-state index is 10.7. The van der Waals surface area contributed by atoms with Crippen LogP contribution >= 0.6 is 0 Å². The number of rotatable bonds is 5. The van der Waals surface area contributed by atoms with Crippen LogP contribution in [0.3, 0.4) is 0 Å². The van der Waals surface area contributed by atoms with Gasteiger partial charge in [0.1, 0.15) is 0 Å². The lowest BCUT2D eigenvalue weighted by Crippen LogP contribution is -2.01. The maximum Gasteiger partial charge on any atom is 0.269 e. The lowest BCUT2D eigenvalue weighted by molar-refractivity contribution is -0.384. The molecule has 2 rings (SSSR count). The number of hydrogen-bond acceptors (Lipinski definition) is 3. The molecule has 0 fully saturated rings. The van der Waals surface area contributed by atoms with Crippen molar-refractivity contribution in [2.75, 3.05) is 5.32 Å². The number of aryl methyl sites for hydroxylation is 2. The zero-order valence-electron chi connectivity index (χ0n) is 11.7. The lowest BCUT2D eigenvalue weighted by atomic mass is 10.1. The van der Waals surface area contributed by atoms with Crippen molar-refractivity contribution < 1.29 is 4.92 Å². The Morgan fingerprint density at radius 3 is 2.30 bits per heavy atom. The van der Waals surface area contributed by atoms with Crippen molar-refractivity contribution in [3.05, 3.63) is 69.3 Å². The van der Waals surface area contributed by atoms with Crippen molar-refractivity contribution in [2.24, 2.45) is 0 Å². The quantitative estimate of drug-likeness (QED) is 0.658. The van der Waals surface area contributed by atoms with Crippen molar-refractivity contribution in [2.45, 2.75) is 26.8 Å². The summed E-state index contributed by atoms with van der Waals surface area (Å²) >= 11 is 0. The number of benzene rings is 2. The Bertz CT molecular complexity index is 606. The molecule has 0 saturated carbocycles. The monoisotopic (exact) mass is 270 g/mol. The van der Waals surface area contributed by atoms with E-state index in [1.165, 1.54) is 17.2 Å². The fourth-order valence-corrected chi connectivity index (χ4v) is 2.05. The van der Waals surface area contributed by atoms with Gasteiger partial charge in [0.05, 0.1) is 4.92 Å². The molecular formula is C16H18N2O2. The topological polar surface area (TPSA) is 55.2 Å². The smallest absolute Gasteiger partial charge is 0.269 e. The molecule has 0 heterocycles. The average Bonchev–Trinajstić information content (AvgIpc) is 2.46. The zero-order chi connectivity index (χ0) is 14.5. The van der Waals surface area contributed by atoms with Gasteiger partial charge in [0.15, 0.2) is 0 Å². The maximum atomic E-state index is 10.7. The number of nitrogens with one attached hydrogen (secondary N) is 1. The van der Waals surface area contributed by atoms with E-state index in [2.05, 4.69) is 36.5 Å². The van der Waals surface area contributed by atoms with Crippen molar-refractivity contribution in [1.82, 2.24) is 0 Å². The van der Waals surface area contributed by atoms with E-state index >= 15 is 0 Å². The van der Waals surface area contributed by atoms with Gasteiger partial charge < -0.3 is 5.32 Å². The summed E-state index contributed by atoms with van der Waals surface area (Å²) in [6.45, 7) is 4.71. The first-order valence-corrected chi connectivity index (χ1v) is 6.67. The zero-order valence-corrected chi connectivity index (χ0v) is 11.7. The highest BCUT2D eigenvalue weighted by molar-refractivity contribution is 5.55. The fourth-order valence-electron chi connectivity index (χ4n) is 2.05. The summed E-state index contributed by atoms with van der Waals surface area (Å²) in [6.07, 6.45) is 1.04. The van der Waals surface area contributed by atoms with Crippen LogP contribution in [0.5, 0.6) is 0 Å². The summed E-state index contributed by atoms with van der Waals surface area (Å²) in [5.74, 6) is 0. The summed E-state index contributed by atoms with van der Waals surface area (Å²) in [5, 5.41) is 14.0. The van der Waals surface area contributed by atoms with Gasteiger partial charge in [-0.05, 0) is 36.1 Å². The molecule has 2 aromatic carbocycles. The largest absolute Gasteiger partial charge is 0.381 e. The predicted molar refractivity (Wildman–Crippen MR) is 81.0 cm³/mol. The number of non-ortho nitro benzene ring substituents is 1. The number of anilines is 1. The molecule has 104 valence electrons.